The van der Waals surface area contributed by atoms with E-state index < -0.39 is 0 Å². The minimum Gasteiger partial charge on any atom is -0.307 e. The third-order valence-electron chi connectivity index (χ3n) is 2.77. The molecule has 1 aliphatic rings. The van der Waals surface area contributed by atoms with E-state index in [1.807, 2.05) is 4.68 Å². The Morgan fingerprint density at radius 3 is 2.93 bits per heavy atom. The molecule has 1 heterocycles. The van der Waals surface area contributed by atoms with Crippen LogP contribution in [-0.4, -0.2) is 20.8 Å². The lowest BCUT2D eigenvalue weighted by atomic mass is 10.4. The monoisotopic (exact) mass is 194 g/mol. The minimum atomic E-state index is 0.394. The van der Waals surface area contributed by atoms with Gasteiger partial charge in [-0.1, -0.05) is 6.92 Å². The zero-order valence-electron chi connectivity index (χ0n) is 9.07. The molecule has 0 bridgehead atoms. The molecule has 0 amide bonds. The second-order valence-corrected chi connectivity index (χ2v) is 4.41. The Morgan fingerprint density at radius 2 is 2.36 bits per heavy atom. The minimum absolute atomic E-state index is 0.394. The smallest absolute Gasteiger partial charge is 0.141 e. The topological polar surface area (TPSA) is 42.7 Å². The SMILES string of the molecule is CC1CC1NCc1ncnn1C(C)C. The summed E-state index contributed by atoms with van der Waals surface area (Å²) in [5, 5.41) is 7.68. The van der Waals surface area contributed by atoms with Gasteiger partial charge in [-0.3, -0.25) is 0 Å². The van der Waals surface area contributed by atoms with Crippen LogP contribution in [0.4, 0.5) is 0 Å². The van der Waals surface area contributed by atoms with Gasteiger partial charge in [0.1, 0.15) is 12.2 Å². The first kappa shape index (κ1) is 9.65. The van der Waals surface area contributed by atoms with Crippen molar-refractivity contribution in [2.24, 2.45) is 5.92 Å². The molecule has 1 saturated carbocycles. The summed E-state index contributed by atoms with van der Waals surface area (Å²) in [7, 11) is 0. The highest BCUT2D eigenvalue weighted by Crippen LogP contribution is 2.29. The highest BCUT2D eigenvalue weighted by molar-refractivity contribution is 4.93. The van der Waals surface area contributed by atoms with Crippen LogP contribution >= 0.6 is 0 Å². The van der Waals surface area contributed by atoms with Crippen LogP contribution in [0.15, 0.2) is 6.33 Å². The molecule has 0 spiro atoms. The van der Waals surface area contributed by atoms with Crippen LogP contribution in [-0.2, 0) is 6.54 Å². The number of aromatic nitrogens is 3. The van der Waals surface area contributed by atoms with Gasteiger partial charge in [0.2, 0.25) is 0 Å². The summed E-state index contributed by atoms with van der Waals surface area (Å²) >= 11 is 0. The lowest BCUT2D eigenvalue weighted by Crippen LogP contribution is -2.21. The van der Waals surface area contributed by atoms with Gasteiger partial charge in [0.25, 0.3) is 0 Å². The van der Waals surface area contributed by atoms with Crippen molar-refractivity contribution < 1.29 is 0 Å². The van der Waals surface area contributed by atoms with Crippen LogP contribution in [0.1, 0.15) is 39.1 Å². The van der Waals surface area contributed by atoms with E-state index in [4.69, 9.17) is 0 Å². The summed E-state index contributed by atoms with van der Waals surface area (Å²) in [5.41, 5.74) is 0. The molecule has 4 nitrogen and oxygen atoms in total. The summed E-state index contributed by atoms with van der Waals surface area (Å²) in [6.45, 7) is 7.36. The second-order valence-electron chi connectivity index (χ2n) is 4.41. The molecule has 14 heavy (non-hydrogen) atoms. The van der Waals surface area contributed by atoms with E-state index >= 15 is 0 Å². The highest BCUT2D eigenvalue weighted by atomic mass is 15.4. The van der Waals surface area contributed by atoms with Gasteiger partial charge >= 0.3 is 0 Å². The lowest BCUT2D eigenvalue weighted by molar-refractivity contribution is 0.487. The first-order chi connectivity index (χ1) is 6.68. The predicted octanol–water partition coefficient (Wildman–Crippen LogP) is 1.36. The molecule has 0 saturated heterocycles. The van der Waals surface area contributed by atoms with Crippen LogP contribution in [0.25, 0.3) is 0 Å². The fraction of sp³-hybridized carbons (Fsp3) is 0.800. The molecule has 78 valence electrons. The molecule has 0 aromatic carbocycles. The zero-order chi connectivity index (χ0) is 10.1. The van der Waals surface area contributed by atoms with E-state index in [0.29, 0.717) is 12.1 Å². The molecule has 0 aliphatic heterocycles. The molecule has 1 N–H and O–H groups in total. The van der Waals surface area contributed by atoms with Crippen LogP contribution in [0.2, 0.25) is 0 Å². The number of rotatable bonds is 4. The Morgan fingerprint density at radius 1 is 1.64 bits per heavy atom. The summed E-state index contributed by atoms with van der Waals surface area (Å²) in [6.07, 6.45) is 2.93. The Labute approximate surface area is 84.7 Å². The first-order valence-corrected chi connectivity index (χ1v) is 5.30. The lowest BCUT2D eigenvalue weighted by Gasteiger charge is -2.09. The average Bonchev–Trinajstić information content (AvgIpc) is 2.67. The largest absolute Gasteiger partial charge is 0.307 e. The van der Waals surface area contributed by atoms with Crippen LogP contribution in [0, 0.1) is 5.92 Å². The third-order valence-corrected chi connectivity index (χ3v) is 2.77. The zero-order valence-corrected chi connectivity index (χ0v) is 9.07. The molecular weight excluding hydrogens is 176 g/mol. The van der Waals surface area contributed by atoms with Crippen molar-refractivity contribution in [3.05, 3.63) is 12.2 Å². The van der Waals surface area contributed by atoms with Crippen molar-refractivity contribution in [2.75, 3.05) is 0 Å². The molecule has 1 aromatic rings. The fourth-order valence-electron chi connectivity index (χ4n) is 1.66. The van der Waals surface area contributed by atoms with E-state index in [-0.39, 0.29) is 0 Å². The van der Waals surface area contributed by atoms with Gasteiger partial charge in [0.05, 0.1) is 6.54 Å². The standard InChI is InChI=1S/C10H18N4/c1-7(2)14-10(12-6-13-14)5-11-9-4-8(9)3/h6-9,11H,4-5H2,1-3H3. The average molecular weight is 194 g/mol. The molecule has 0 radical (unpaired) electrons. The number of hydrogen-bond donors (Lipinski definition) is 1. The third kappa shape index (κ3) is 1.95. The maximum absolute atomic E-state index is 4.25. The summed E-state index contributed by atoms with van der Waals surface area (Å²) in [6, 6.07) is 1.10. The van der Waals surface area contributed by atoms with Crippen molar-refractivity contribution >= 4 is 0 Å². The van der Waals surface area contributed by atoms with E-state index in [2.05, 4.69) is 36.2 Å². The molecule has 2 atom stereocenters. The number of hydrogen-bond acceptors (Lipinski definition) is 3. The normalized spacial score (nSPS) is 25.7. The van der Waals surface area contributed by atoms with Gasteiger partial charge in [-0.2, -0.15) is 5.10 Å². The van der Waals surface area contributed by atoms with Crippen molar-refractivity contribution in [3.63, 3.8) is 0 Å². The highest BCUT2D eigenvalue weighted by Gasteiger charge is 2.31. The van der Waals surface area contributed by atoms with Crippen LogP contribution in [0.3, 0.4) is 0 Å². The second kappa shape index (κ2) is 3.69. The van der Waals surface area contributed by atoms with E-state index in [9.17, 15) is 0 Å². The van der Waals surface area contributed by atoms with Gasteiger partial charge in [0, 0.05) is 12.1 Å². The molecule has 2 rings (SSSR count). The summed E-state index contributed by atoms with van der Waals surface area (Å²) in [5.74, 6) is 1.88. The van der Waals surface area contributed by atoms with Gasteiger partial charge in [-0.25, -0.2) is 9.67 Å². The molecule has 4 heteroatoms. The maximum Gasteiger partial charge on any atom is 0.141 e. The van der Waals surface area contributed by atoms with Crippen molar-refractivity contribution in [1.82, 2.24) is 20.1 Å². The number of nitrogens with one attached hydrogen (secondary N) is 1. The predicted molar refractivity (Wildman–Crippen MR) is 54.8 cm³/mol. The molecule has 1 fully saturated rings. The Bertz CT molecular complexity index is 305. The van der Waals surface area contributed by atoms with E-state index in [1.54, 1.807) is 6.33 Å². The van der Waals surface area contributed by atoms with Crippen molar-refractivity contribution in [2.45, 2.75) is 45.8 Å². The quantitative estimate of drug-likeness (QED) is 0.787. The van der Waals surface area contributed by atoms with Crippen molar-refractivity contribution in [3.8, 4) is 0 Å². The van der Waals surface area contributed by atoms with Crippen molar-refractivity contribution in [1.29, 1.82) is 0 Å². The van der Waals surface area contributed by atoms with Gasteiger partial charge in [-0.05, 0) is 26.2 Å². The molecular formula is C10H18N4. The molecule has 2 unspecified atom stereocenters. The number of nitrogens with zero attached hydrogens (tertiary/aromatic N) is 3. The fourth-order valence-corrected chi connectivity index (χ4v) is 1.66. The Kier molecular flexibility index (Phi) is 2.54. The first-order valence-electron chi connectivity index (χ1n) is 5.30. The van der Waals surface area contributed by atoms with Gasteiger partial charge in [0.15, 0.2) is 0 Å². The Hall–Kier alpha value is -0.900. The summed E-state index contributed by atoms with van der Waals surface area (Å²) in [4.78, 5) is 4.25. The summed E-state index contributed by atoms with van der Waals surface area (Å²) < 4.78 is 1.97. The van der Waals surface area contributed by atoms with Gasteiger partial charge < -0.3 is 5.32 Å². The maximum atomic E-state index is 4.25. The van der Waals surface area contributed by atoms with E-state index in [0.717, 1.165) is 18.3 Å². The van der Waals surface area contributed by atoms with E-state index in [1.165, 1.54) is 6.42 Å². The van der Waals surface area contributed by atoms with Crippen LogP contribution in [0.5, 0.6) is 0 Å². The van der Waals surface area contributed by atoms with Crippen LogP contribution < -0.4 is 5.32 Å². The Balaban J connectivity index is 1.91. The molecule has 1 aliphatic carbocycles. The van der Waals surface area contributed by atoms with Gasteiger partial charge in [-0.15, -0.1) is 0 Å². The molecule has 1 aromatic heterocycles.